The van der Waals surface area contributed by atoms with Crippen molar-refractivity contribution in [2.24, 2.45) is 0 Å². The first-order valence-electron chi connectivity index (χ1n) is 41.4. The number of hydrogen-bond acceptors (Lipinski definition) is 18. The Bertz CT molecular complexity index is 6530. The van der Waals surface area contributed by atoms with Crippen LogP contribution in [0, 0.1) is 42.3 Å². The number of rotatable bonds is 12. The van der Waals surface area contributed by atoms with Crippen LogP contribution in [0.15, 0.2) is 395 Å². The van der Waals surface area contributed by atoms with Gasteiger partial charge in [0.05, 0.1) is 49.4 Å². The molecule has 21 rings (SSSR count). The van der Waals surface area contributed by atoms with Crippen LogP contribution < -0.4 is 50.1 Å². The largest absolute Gasteiger partial charge is 2.00 e. The summed E-state index contributed by atoms with van der Waals surface area (Å²) in [6.45, 7) is 11.8. The number of ketones is 1. The topological polar surface area (TPSA) is 334 Å². The van der Waals surface area contributed by atoms with E-state index in [1.54, 1.807) is 49.4 Å². The molecule has 21 aromatic rings. The molecule has 23 nitrogen and oxygen atoms in total. The maximum atomic E-state index is 12.6. The summed E-state index contributed by atoms with van der Waals surface area (Å²) in [5.74, 6) is 3.32. The molecule has 0 aliphatic rings. The first kappa shape index (κ1) is 119. The van der Waals surface area contributed by atoms with Gasteiger partial charge in [0.15, 0.2) is 5.78 Å². The number of aliphatic hydroxyl groups excluding tert-OH is 1. The van der Waals surface area contributed by atoms with E-state index in [1.165, 1.54) is 53.3 Å². The molecule has 0 radical (unpaired) electrons. The van der Waals surface area contributed by atoms with Crippen LogP contribution >= 0.6 is 46.7 Å². The van der Waals surface area contributed by atoms with E-state index < -0.39 is 10.2 Å². The van der Waals surface area contributed by atoms with Gasteiger partial charge in [0, 0.05) is 141 Å². The molecule has 0 fully saturated rings. The zero-order chi connectivity index (χ0) is 94.7. The molecule has 0 amide bonds. The summed E-state index contributed by atoms with van der Waals surface area (Å²) in [5, 5.41) is 14.5. The number of allylic oxidation sites excluding steroid dienone is 2. The average molecular weight is 2880 g/mol. The molecule has 728 valence electrons. The number of hydrogen-bond donors (Lipinski definition) is 2. The summed E-state index contributed by atoms with van der Waals surface area (Å²) in [6.07, 6.45) is 13.4. The van der Waals surface area contributed by atoms with Crippen LogP contribution in [0.3, 0.4) is 0 Å². The summed E-state index contributed by atoms with van der Waals surface area (Å²) in [4.78, 5) is 75.1. The van der Waals surface area contributed by atoms with Gasteiger partial charge in [0.2, 0.25) is 0 Å². The molecule has 0 spiro atoms. The van der Waals surface area contributed by atoms with E-state index in [9.17, 15) is 9.18 Å². The number of aromatic nitrogens is 17. The number of carbonyl (C=O) groups is 1. The minimum atomic E-state index is -4.69. The number of fused-ring (bicyclic) bond motifs is 5. The summed E-state index contributed by atoms with van der Waals surface area (Å²) in [7, 11) is 7.07. The molecule has 12 aromatic heterocycles. The normalized spacial score (nSPS) is 10.4. The van der Waals surface area contributed by atoms with Crippen molar-refractivity contribution >= 4 is 129 Å². The Labute approximate surface area is 900 Å². The molecule has 0 bridgehead atoms. The predicted molar refractivity (Wildman–Crippen MR) is 544 cm³/mol. The SMILES string of the molecule is CC(=O)C=C(C)O.CPc1ccccc1PC.CPc1ccccc1PC.Cl.Fc1c[c-]c(-c2ccccn2)cc1.[CH2-]n1c(-c2ccccn2)nc2ccccc21.[CH2-]n1c(-c2ccccn2)nc2ccccc21.[O-][Cl+3]([O-])([O-])O.[Pt+2].[Pt+2].[Pt].[Pt].[Pt].[c-]1ccccc1-c1ccccn1.c1ccc(-c2nc3ccccc3[n-]2)nc1.c1ccc(-c2nc3ccccc3[n-]2)nc1.c1ccc(-c2nc3ccccc3[n-]2)nc1. The van der Waals surface area contributed by atoms with Crippen molar-refractivity contribution in [3.8, 4) is 80.1 Å². The number of para-hydroxylation sites is 10. The third kappa shape index (κ3) is 38.7. The Morgan fingerprint density at radius 1 is 0.364 bits per heavy atom. The first-order valence-corrected chi connectivity index (χ1v) is 48.7. The van der Waals surface area contributed by atoms with Crippen LogP contribution in [-0.2, 0) is 110 Å². The first-order chi connectivity index (χ1) is 65.2. The molecule has 140 heavy (non-hydrogen) atoms. The summed E-state index contributed by atoms with van der Waals surface area (Å²) < 4.78 is 48.9. The van der Waals surface area contributed by atoms with E-state index in [0.717, 1.165) is 152 Å². The molecular formula is C105H93Cl2FN17O6P4Pt5-3. The number of pyridine rings is 7. The standard InChI is InChI=1S/2C13H10N3.3C12H8N3.C11H7FN.C11H8N.2C8H12P2.C5H8O2.ClHO4.ClH.5Pt/c2*1-16-12-8-3-2-6-10(12)15-13(16)11-7-4-5-9-14-11;3*1-2-6-10-9(5-1)14-12(15-10)11-7-3-4-8-13-11;12-10-6-4-9(5-7-10)11-3-1-2-8-13-11;1-2-6-10(7-3-1)11-8-4-5-9-12-11;2*1-9-7-5-3-4-6-8(7)10-2;1-4(6)3-5(2)7;2-1(3,4)5;;;;;;/h2*2-9H,1H2;3*1-8H;1-4,6-8H;1-6,8-9H;2*3-6,9-10H,1-2H3;3,6H,1-2H3;(H,2,3,4,5);1H;;;;;/q7*-1;;;;;;;;;2*+2. The van der Waals surface area contributed by atoms with E-state index in [2.05, 4.69) is 176 Å². The second-order valence-corrected chi connectivity index (χ2v) is 32.8. The van der Waals surface area contributed by atoms with Gasteiger partial charge in [-0.15, -0.1) is 92.2 Å². The molecule has 9 aromatic carbocycles. The van der Waals surface area contributed by atoms with E-state index in [-0.39, 0.29) is 135 Å². The molecule has 2 N–H and O–H groups in total. The molecule has 0 saturated heterocycles. The molecule has 0 aliphatic heterocycles. The van der Waals surface area contributed by atoms with Crippen molar-refractivity contribution in [1.29, 1.82) is 0 Å². The number of aliphatic hydroxyl groups is 1. The fourth-order valence-corrected chi connectivity index (χ4v) is 16.3. The van der Waals surface area contributed by atoms with Gasteiger partial charge in [0.25, 0.3) is 0 Å². The fraction of sp³-hybridized carbons (Fsp3) is 0.0571. The predicted octanol–water partition coefficient (Wildman–Crippen LogP) is 17.9. The molecular weight excluding hydrogens is 2780 g/mol. The second kappa shape index (κ2) is 64.3. The van der Waals surface area contributed by atoms with Gasteiger partial charge >= 0.3 is 42.1 Å². The molecule has 0 aliphatic carbocycles. The van der Waals surface area contributed by atoms with Gasteiger partial charge in [-0.3, -0.25) is 34.1 Å². The van der Waals surface area contributed by atoms with Crippen LogP contribution in [0.25, 0.3) is 135 Å². The Morgan fingerprint density at radius 3 is 0.871 bits per heavy atom. The van der Waals surface area contributed by atoms with Crippen LogP contribution in [0.5, 0.6) is 0 Å². The summed E-state index contributed by atoms with van der Waals surface area (Å²) in [5.41, 5.74) is 17.2. The maximum Gasteiger partial charge on any atom is 2.00 e. The molecule has 0 saturated carbocycles. The maximum absolute atomic E-state index is 12.6. The van der Waals surface area contributed by atoms with E-state index in [1.807, 2.05) is 282 Å². The van der Waals surface area contributed by atoms with Gasteiger partial charge in [-0.05, 0) is 220 Å². The number of imidazole rings is 5. The van der Waals surface area contributed by atoms with Gasteiger partial charge in [-0.1, -0.05) is 247 Å². The van der Waals surface area contributed by atoms with Crippen molar-refractivity contribution in [3.63, 3.8) is 0 Å². The van der Waals surface area contributed by atoms with Crippen molar-refractivity contribution in [1.82, 2.24) is 83.9 Å². The number of nitrogens with zero attached hydrogens (tertiary/aromatic N) is 17. The number of benzene rings is 9. The van der Waals surface area contributed by atoms with E-state index in [4.69, 9.17) is 23.7 Å². The zero-order valence-corrected chi connectivity index (χ0v) is 92.7. The van der Waals surface area contributed by atoms with Gasteiger partial charge < -0.3 is 64.1 Å². The van der Waals surface area contributed by atoms with E-state index in [0.29, 0.717) is 17.5 Å². The Balaban J connectivity index is 0.000000273. The van der Waals surface area contributed by atoms with Crippen LogP contribution in [0.1, 0.15) is 13.8 Å². The van der Waals surface area contributed by atoms with Crippen molar-refractivity contribution < 1.29 is 148 Å². The van der Waals surface area contributed by atoms with Crippen LogP contribution in [-0.4, -0.2) is 111 Å². The minimum absolute atomic E-state index is 0. The second-order valence-electron chi connectivity index (χ2n) is 27.9. The van der Waals surface area contributed by atoms with Gasteiger partial charge in [0.1, 0.15) is 0 Å². The quantitative estimate of drug-likeness (QED) is 0.0496. The smallest absolute Gasteiger partial charge is 0.512 e. The van der Waals surface area contributed by atoms with Gasteiger partial charge in [-0.2, -0.15) is 14.0 Å². The fourth-order valence-electron chi connectivity index (χ4n) is 12.4. The molecule has 35 heteroatoms. The van der Waals surface area contributed by atoms with Gasteiger partial charge in [-0.25, -0.2) is 0 Å². The third-order valence-electron chi connectivity index (χ3n) is 18.5. The molecule has 4 unspecified atom stereocenters. The Kier molecular flexibility index (Phi) is 54.8. The van der Waals surface area contributed by atoms with E-state index >= 15 is 0 Å². The zero-order valence-electron chi connectivity index (χ0n) is 75.7. The Hall–Kier alpha value is -11.2. The van der Waals surface area contributed by atoms with Crippen molar-refractivity contribution in [2.45, 2.75) is 13.8 Å². The van der Waals surface area contributed by atoms with Crippen molar-refractivity contribution in [3.05, 3.63) is 427 Å². The van der Waals surface area contributed by atoms with Crippen LogP contribution in [0.4, 0.5) is 4.39 Å². The van der Waals surface area contributed by atoms with Crippen LogP contribution in [0.2, 0.25) is 0 Å². The number of carbonyl (C=O) groups excluding carboxylic acids is 1. The molecule has 12 heterocycles. The monoisotopic (exact) mass is 2880 g/mol. The average Bonchev–Trinajstić information content (AvgIpc) is 1.60. The summed E-state index contributed by atoms with van der Waals surface area (Å²) >= 11 is 0. The van der Waals surface area contributed by atoms with Crippen molar-refractivity contribution in [2.75, 3.05) is 26.7 Å². The third-order valence-corrected chi connectivity index (χ3v) is 22.9. The minimum Gasteiger partial charge on any atom is -0.512 e. The summed E-state index contributed by atoms with van der Waals surface area (Å²) in [6, 6.07) is 115. The number of halogens is 3. The molecule has 4 atom stereocenters. The Morgan fingerprint density at radius 2 is 0.629 bits per heavy atom.